The SMILES string of the molecule is CN(C(=S)[S-])C1CCCCC1.CN(C(=S)[S-])C1CCCCC1.[Fe+2]. The molecule has 0 aromatic rings. The van der Waals surface area contributed by atoms with Gasteiger partial charge in [0.05, 0.1) is 0 Å². The van der Waals surface area contributed by atoms with E-state index in [0.717, 1.165) is 0 Å². The summed E-state index contributed by atoms with van der Waals surface area (Å²) in [4.78, 5) is 4.15. The van der Waals surface area contributed by atoms with E-state index in [-0.39, 0.29) is 17.1 Å². The van der Waals surface area contributed by atoms with Gasteiger partial charge >= 0.3 is 17.1 Å². The Hall–Kier alpha value is 0.739. The molecule has 2 saturated carbocycles. The minimum absolute atomic E-state index is 0. The summed E-state index contributed by atoms with van der Waals surface area (Å²) in [5, 5.41) is 0. The van der Waals surface area contributed by atoms with Gasteiger partial charge in [-0.3, -0.25) is 0 Å². The van der Waals surface area contributed by atoms with Crippen LogP contribution in [0.3, 0.4) is 0 Å². The Kier molecular flexibility index (Phi) is 13.4. The molecular formula is C16H28FeN2S4. The van der Waals surface area contributed by atoms with Crippen molar-refractivity contribution >= 4 is 58.3 Å². The molecule has 0 aliphatic heterocycles. The smallest absolute Gasteiger partial charge is 0.411 e. The van der Waals surface area contributed by atoms with Crippen LogP contribution in [0.5, 0.6) is 0 Å². The minimum Gasteiger partial charge on any atom is -0.411 e. The van der Waals surface area contributed by atoms with Gasteiger partial charge < -0.3 is 59.5 Å². The Morgan fingerprint density at radius 2 is 0.957 bits per heavy atom. The first-order valence-corrected chi connectivity index (χ1v) is 9.94. The molecule has 0 saturated heterocycles. The third-order valence-corrected chi connectivity index (χ3v) is 5.97. The molecule has 2 nitrogen and oxygen atoms in total. The standard InChI is InChI=1S/2C8H15NS2.Fe/c2*1-9(8(10)11)7-5-3-2-4-6-7;/h2*7H,2-6H2,1H3,(H,10,11);/q;;+2/p-2. The van der Waals surface area contributed by atoms with Crippen molar-refractivity contribution in [2.45, 2.75) is 76.3 Å². The summed E-state index contributed by atoms with van der Waals surface area (Å²) in [6.45, 7) is 0. The normalized spacial score (nSPS) is 18.9. The van der Waals surface area contributed by atoms with Crippen molar-refractivity contribution in [1.82, 2.24) is 9.80 Å². The molecule has 2 fully saturated rings. The van der Waals surface area contributed by atoms with Crippen LogP contribution in [0, 0.1) is 0 Å². The number of hydrogen-bond acceptors (Lipinski definition) is 4. The van der Waals surface area contributed by atoms with E-state index in [1.807, 2.05) is 14.1 Å². The van der Waals surface area contributed by atoms with Crippen molar-refractivity contribution in [3.8, 4) is 0 Å². The van der Waals surface area contributed by atoms with Gasteiger partial charge in [0.15, 0.2) is 0 Å². The maximum absolute atomic E-state index is 4.94. The molecular weight excluding hydrogens is 404 g/mol. The van der Waals surface area contributed by atoms with Crippen LogP contribution in [0.25, 0.3) is 0 Å². The van der Waals surface area contributed by atoms with Crippen LogP contribution >= 0.6 is 24.4 Å². The van der Waals surface area contributed by atoms with Crippen LogP contribution in [0.1, 0.15) is 64.2 Å². The minimum atomic E-state index is 0. The third kappa shape index (κ3) is 9.12. The van der Waals surface area contributed by atoms with E-state index in [1.165, 1.54) is 64.2 Å². The van der Waals surface area contributed by atoms with Gasteiger partial charge in [-0.25, -0.2) is 0 Å². The van der Waals surface area contributed by atoms with Crippen LogP contribution in [0.15, 0.2) is 0 Å². The van der Waals surface area contributed by atoms with E-state index >= 15 is 0 Å². The number of hydrogen-bond donors (Lipinski definition) is 0. The van der Waals surface area contributed by atoms with Gasteiger partial charge in [-0.1, -0.05) is 47.2 Å². The zero-order valence-corrected chi connectivity index (χ0v) is 18.5. The molecule has 0 N–H and O–H groups in total. The summed E-state index contributed by atoms with van der Waals surface area (Å²) in [7, 11) is 4.04. The predicted octanol–water partition coefficient (Wildman–Crippen LogP) is 4.16. The second-order valence-electron chi connectivity index (χ2n) is 6.34. The molecule has 2 aliphatic carbocycles. The average Bonchev–Trinajstić information content (AvgIpc) is 2.55. The molecule has 0 heterocycles. The third-order valence-electron chi connectivity index (χ3n) is 4.82. The van der Waals surface area contributed by atoms with Gasteiger partial charge in [-0.15, -0.1) is 0 Å². The molecule has 2 rings (SSSR count). The van der Waals surface area contributed by atoms with E-state index in [0.29, 0.717) is 20.7 Å². The first kappa shape index (κ1) is 23.7. The molecule has 0 unspecified atom stereocenters. The van der Waals surface area contributed by atoms with E-state index in [9.17, 15) is 0 Å². The summed E-state index contributed by atoms with van der Waals surface area (Å²) in [6.07, 6.45) is 13.2. The number of thiocarbonyl (C=S) groups is 2. The van der Waals surface area contributed by atoms with Crippen molar-refractivity contribution in [1.29, 1.82) is 0 Å². The summed E-state index contributed by atoms with van der Waals surface area (Å²) in [5.74, 6) is 0. The zero-order chi connectivity index (χ0) is 16.5. The van der Waals surface area contributed by atoms with Gasteiger partial charge in [0.25, 0.3) is 0 Å². The molecule has 0 aromatic heterocycles. The van der Waals surface area contributed by atoms with Crippen LogP contribution < -0.4 is 0 Å². The van der Waals surface area contributed by atoms with E-state index in [2.05, 4.69) is 9.80 Å². The average molecular weight is 433 g/mol. The van der Waals surface area contributed by atoms with Gasteiger partial charge in [0.1, 0.15) is 0 Å². The first-order chi connectivity index (χ1) is 10.4. The largest absolute Gasteiger partial charge is 2.00 e. The summed E-state index contributed by atoms with van der Waals surface area (Å²) in [5.41, 5.74) is 0. The molecule has 134 valence electrons. The Balaban J connectivity index is 0.000000403. The Labute approximate surface area is 174 Å². The number of rotatable bonds is 2. The monoisotopic (exact) mass is 432 g/mol. The molecule has 2 aliphatic rings. The van der Waals surface area contributed by atoms with Gasteiger partial charge in [0, 0.05) is 26.2 Å². The first-order valence-electron chi connectivity index (χ1n) is 8.31. The predicted molar refractivity (Wildman–Crippen MR) is 109 cm³/mol. The van der Waals surface area contributed by atoms with Gasteiger partial charge in [-0.05, 0) is 25.7 Å². The molecule has 7 heteroatoms. The maximum Gasteiger partial charge on any atom is 2.00 e. The molecule has 0 atom stereocenters. The van der Waals surface area contributed by atoms with Gasteiger partial charge in [-0.2, -0.15) is 0 Å². The second kappa shape index (κ2) is 13.0. The fourth-order valence-electron chi connectivity index (χ4n) is 3.23. The van der Waals surface area contributed by atoms with Gasteiger partial charge in [0.2, 0.25) is 0 Å². The molecule has 0 spiro atoms. The molecule has 23 heavy (non-hydrogen) atoms. The summed E-state index contributed by atoms with van der Waals surface area (Å²) < 4.78 is 1.24. The molecule has 0 aromatic carbocycles. The van der Waals surface area contributed by atoms with E-state index in [1.54, 1.807) is 0 Å². The molecule has 0 radical (unpaired) electrons. The number of nitrogens with zero attached hydrogens (tertiary/aromatic N) is 2. The van der Waals surface area contributed by atoms with E-state index in [4.69, 9.17) is 49.7 Å². The molecule has 0 bridgehead atoms. The van der Waals surface area contributed by atoms with Crippen molar-refractivity contribution in [3.05, 3.63) is 0 Å². The summed E-state index contributed by atoms with van der Waals surface area (Å²) in [6, 6.07) is 1.27. The Morgan fingerprint density at radius 3 is 1.17 bits per heavy atom. The second-order valence-corrected chi connectivity index (χ2v) is 8.40. The van der Waals surface area contributed by atoms with Crippen LogP contribution in [-0.2, 0) is 42.3 Å². The topological polar surface area (TPSA) is 6.48 Å². The van der Waals surface area contributed by atoms with Crippen LogP contribution in [-0.4, -0.2) is 44.6 Å². The Morgan fingerprint density at radius 1 is 0.696 bits per heavy atom. The maximum atomic E-state index is 4.94. The fraction of sp³-hybridized carbons (Fsp3) is 0.875. The van der Waals surface area contributed by atoms with Crippen LogP contribution in [0.2, 0.25) is 0 Å². The Bertz CT molecular complexity index is 322. The fourth-order valence-corrected chi connectivity index (χ4v) is 3.83. The quantitative estimate of drug-likeness (QED) is 0.365. The van der Waals surface area contributed by atoms with Crippen molar-refractivity contribution in [2.24, 2.45) is 0 Å². The molecule has 0 amide bonds. The summed E-state index contributed by atoms with van der Waals surface area (Å²) >= 11 is 19.8. The van der Waals surface area contributed by atoms with Crippen molar-refractivity contribution in [3.63, 3.8) is 0 Å². The van der Waals surface area contributed by atoms with Crippen LogP contribution in [0.4, 0.5) is 0 Å². The van der Waals surface area contributed by atoms with Crippen molar-refractivity contribution < 1.29 is 17.1 Å². The van der Waals surface area contributed by atoms with E-state index < -0.39 is 0 Å². The zero-order valence-electron chi connectivity index (χ0n) is 14.1. The van der Waals surface area contributed by atoms with Crippen molar-refractivity contribution in [2.75, 3.05) is 14.1 Å².